The van der Waals surface area contributed by atoms with E-state index in [2.05, 4.69) is 27.8 Å². The zero-order chi connectivity index (χ0) is 18.4. The molecule has 0 spiro atoms. The van der Waals surface area contributed by atoms with E-state index >= 15 is 0 Å². The SMILES string of the molecule is CCN(C)/C=N\c1cc(C)c(C(=O)COc2ccccc2Br)cc1C. The van der Waals surface area contributed by atoms with Gasteiger partial charge in [0, 0.05) is 19.2 Å². The first-order valence-electron chi connectivity index (χ1n) is 8.18. The Balaban J connectivity index is 2.13. The summed E-state index contributed by atoms with van der Waals surface area (Å²) in [5.74, 6) is 0.617. The highest BCUT2D eigenvalue weighted by atomic mass is 79.9. The summed E-state index contributed by atoms with van der Waals surface area (Å²) < 4.78 is 6.47. The van der Waals surface area contributed by atoms with E-state index in [-0.39, 0.29) is 12.4 Å². The van der Waals surface area contributed by atoms with Crippen LogP contribution in [0.15, 0.2) is 45.9 Å². The Hall–Kier alpha value is -2.14. The monoisotopic (exact) mass is 402 g/mol. The Morgan fingerprint density at radius 1 is 1.24 bits per heavy atom. The van der Waals surface area contributed by atoms with Crippen molar-refractivity contribution >= 4 is 33.7 Å². The lowest BCUT2D eigenvalue weighted by Gasteiger charge is -2.12. The molecule has 5 heteroatoms. The van der Waals surface area contributed by atoms with Crippen molar-refractivity contribution < 1.29 is 9.53 Å². The van der Waals surface area contributed by atoms with Crippen molar-refractivity contribution in [2.24, 2.45) is 4.99 Å². The van der Waals surface area contributed by atoms with Crippen LogP contribution in [0.3, 0.4) is 0 Å². The van der Waals surface area contributed by atoms with Crippen molar-refractivity contribution in [2.75, 3.05) is 20.2 Å². The Morgan fingerprint density at radius 2 is 1.96 bits per heavy atom. The largest absolute Gasteiger partial charge is 0.484 e. The molecule has 0 aliphatic carbocycles. The minimum Gasteiger partial charge on any atom is -0.484 e. The first-order valence-corrected chi connectivity index (χ1v) is 8.98. The molecule has 2 rings (SSSR count). The lowest BCUT2D eigenvalue weighted by Crippen LogP contribution is -2.14. The van der Waals surface area contributed by atoms with E-state index in [1.807, 2.05) is 62.2 Å². The minimum atomic E-state index is -0.0439. The van der Waals surface area contributed by atoms with E-state index in [0.717, 1.165) is 27.8 Å². The number of halogens is 1. The molecule has 0 aliphatic heterocycles. The molecular formula is C20H23BrN2O2. The Kier molecular flexibility index (Phi) is 6.76. The van der Waals surface area contributed by atoms with Gasteiger partial charge < -0.3 is 9.64 Å². The smallest absolute Gasteiger partial charge is 0.200 e. The zero-order valence-electron chi connectivity index (χ0n) is 15.0. The third-order valence-corrected chi connectivity index (χ3v) is 4.59. The first-order chi connectivity index (χ1) is 11.9. The summed E-state index contributed by atoms with van der Waals surface area (Å²) in [6, 6.07) is 11.3. The number of para-hydroxylation sites is 1. The van der Waals surface area contributed by atoms with Crippen molar-refractivity contribution in [1.29, 1.82) is 0 Å². The summed E-state index contributed by atoms with van der Waals surface area (Å²) >= 11 is 3.42. The van der Waals surface area contributed by atoms with E-state index in [1.54, 1.807) is 6.34 Å². The van der Waals surface area contributed by atoms with Crippen LogP contribution in [0.25, 0.3) is 0 Å². The number of rotatable bonds is 7. The van der Waals surface area contributed by atoms with Gasteiger partial charge in [-0.05, 0) is 72.1 Å². The molecule has 4 nitrogen and oxygen atoms in total. The van der Waals surface area contributed by atoms with Gasteiger partial charge in [0.25, 0.3) is 0 Å². The third kappa shape index (κ3) is 5.16. The van der Waals surface area contributed by atoms with Crippen molar-refractivity contribution in [2.45, 2.75) is 20.8 Å². The number of carbonyl (C=O) groups excluding carboxylic acids is 1. The molecular weight excluding hydrogens is 380 g/mol. The number of nitrogens with zero attached hydrogens (tertiary/aromatic N) is 2. The summed E-state index contributed by atoms with van der Waals surface area (Å²) in [4.78, 5) is 19.0. The number of carbonyl (C=O) groups is 1. The van der Waals surface area contributed by atoms with E-state index in [9.17, 15) is 4.79 Å². The fraction of sp³-hybridized carbons (Fsp3) is 0.300. The quantitative estimate of drug-likeness (QED) is 0.374. The Labute approximate surface area is 157 Å². The molecule has 0 unspecified atom stereocenters. The minimum absolute atomic E-state index is 0.00405. The number of benzene rings is 2. The molecule has 132 valence electrons. The van der Waals surface area contributed by atoms with Crippen LogP contribution in [0, 0.1) is 13.8 Å². The van der Waals surface area contributed by atoms with E-state index in [1.165, 1.54) is 0 Å². The van der Waals surface area contributed by atoms with Crippen LogP contribution in [0.4, 0.5) is 5.69 Å². The maximum absolute atomic E-state index is 12.5. The van der Waals surface area contributed by atoms with Gasteiger partial charge in [0.1, 0.15) is 5.75 Å². The normalized spacial score (nSPS) is 10.9. The molecule has 25 heavy (non-hydrogen) atoms. The fourth-order valence-electron chi connectivity index (χ4n) is 2.27. The van der Waals surface area contributed by atoms with Gasteiger partial charge in [0.2, 0.25) is 0 Å². The molecule has 0 bridgehead atoms. The van der Waals surface area contributed by atoms with Crippen molar-refractivity contribution in [3.05, 3.63) is 57.6 Å². The summed E-state index contributed by atoms with van der Waals surface area (Å²) in [5.41, 5.74) is 3.42. The van der Waals surface area contributed by atoms with Crippen molar-refractivity contribution in [1.82, 2.24) is 4.90 Å². The molecule has 0 aromatic heterocycles. The average molecular weight is 403 g/mol. The van der Waals surface area contributed by atoms with Crippen LogP contribution in [-0.4, -0.2) is 37.2 Å². The van der Waals surface area contributed by atoms with Gasteiger partial charge in [-0.1, -0.05) is 12.1 Å². The lowest BCUT2D eigenvalue weighted by molar-refractivity contribution is 0.0920. The van der Waals surface area contributed by atoms with E-state index < -0.39 is 0 Å². The number of ether oxygens (including phenoxy) is 1. The molecule has 0 saturated carbocycles. The highest BCUT2D eigenvalue weighted by molar-refractivity contribution is 9.10. The number of ketones is 1. The van der Waals surface area contributed by atoms with Crippen LogP contribution in [0.2, 0.25) is 0 Å². The van der Waals surface area contributed by atoms with Gasteiger partial charge in [0.15, 0.2) is 12.4 Å². The predicted molar refractivity (Wildman–Crippen MR) is 106 cm³/mol. The maximum Gasteiger partial charge on any atom is 0.200 e. The van der Waals surface area contributed by atoms with Crippen LogP contribution in [-0.2, 0) is 0 Å². The van der Waals surface area contributed by atoms with Gasteiger partial charge in [-0.15, -0.1) is 0 Å². The third-order valence-electron chi connectivity index (χ3n) is 3.93. The van der Waals surface area contributed by atoms with Gasteiger partial charge in [-0.25, -0.2) is 4.99 Å². The molecule has 0 atom stereocenters. The summed E-state index contributed by atoms with van der Waals surface area (Å²) in [5, 5.41) is 0. The topological polar surface area (TPSA) is 41.9 Å². The molecule has 2 aromatic rings. The predicted octanol–water partition coefficient (Wildman–Crippen LogP) is 4.94. The fourth-order valence-corrected chi connectivity index (χ4v) is 2.66. The number of hydrogen-bond donors (Lipinski definition) is 0. The summed E-state index contributed by atoms with van der Waals surface area (Å²) in [6.07, 6.45) is 1.80. The molecule has 0 saturated heterocycles. The summed E-state index contributed by atoms with van der Waals surface area (Å²) in [6.45, 7) is 6.85. The Bertz CT molecular complexity index is 787. The first kappa shape index (κ1) is 19.2. The van der Waals surface area contributed by atoms with Crippen molar-refractivity contribution in [3.8, 4) is 5.75 Å². The molecule has 0 heterocycles. The standard InChI is InChI=1S/C20H23BrN2O2/c1-5-23(4)13-22-18-11-14(2)16(10-15(18)3)19(24)12-25-20-9-7-6-8-17(20)21/h6-11,13H,5,12H2,1-4H3/b22-13-. The van der Waals surface area contributed by atoms with Crippen LogP contribution >= 0.6 is 15.9 Å². The maximum atomic E-state index is 12.5. The number of Topliss-reactive ketones (excluding diaryl/α,β-unsaturated/α-hetero) is 1. The van der Waals surface area contributed by atoms with E-state index in [4.69, 9.17) is 4.74 Å². The molecule has 0 N–H and O–H groups in total. The highest BCUT2D eigenvalue weighted by Crippen LogP contribution is 2.26. The van der Waals surface area contributed by atoms with Gasteiger partial charge in [0.05, 0.1) is 16.5 Å². The molecule has 2 aromatic carbocycles. The lowest BCUT2D eigenvalue weighted by atomic mass is 10.0. The molecule has 0 aliphatic rings. The summed E-state index contributed by atoms with van der Waals surface area (Å²) in [7, 11) is 1.97. The van der Waals surface area contributed by atoms with Crippen LogP contribution < -0.4 is 4.74 Å². The number of hydrogen-bond acceptors (Lipinski definition) is 3. The van der Waals surface area contributed by atoms with Gasteiger partial charge in [-0.2, -0.15) is 0 Å². The van der Waals surface area contributed by atoms with Crippen LogP contribution in [0.5, 0.6) is 5.75 Å². The highest BCUT2D eigenvalue weighted by Gasteiger charge is 2.13. The molecule has 0 radical (unpaired) electrons. The zero-order valence-corrected chi connectivity index (χ0v) is 16.6. The second-order valence-electron chi connectivity index (χ2n) is 5.91. The number of aryl methyl sites for hydroxylation is 2. The van der Waals surface area contributed by atoms with Gasteiger partial charge in [-0.3, -0.25) is 4.79 Å². The Morgan fingerprint density at radius 3 is 2.64 bits per heavy atom. The average Bonchev–Trinajstić information content (AvgIpc) is 2.60. The van der Waals surface area contributed by atoms with Crippen LogP contribution in [0.1, 0.15) is 28.4 Å². The van der Waals surface area contributed by atoms with E-state index in [0.29, 0.717) is 11.3 Å². The second kappa shape index (κ2) is 8.81. The van der Waals surface area contributed by atoms with Gasteiger partial charge >= 0.3 is 0 Å². The number of aliphatic imine (C=N–C) groups is 1. The van der Waals surface area contributed by atoms with Crippen molar-refractivity contribution in [3.63, 3.8) is 0 Å². The molecule has 0 amide bonds. The molecule has 0 fully saturated rings. The second-order valence-corrected chi connectivity index (χ2v) is 6.77.